The van der Waals surface area contributed by atoms with Crippen molar-refractivity contribution in [3.63, 3.8) is 0 Å². The third kappa shape index (κ3) is 4.06. The van der Waals surface area contributed by atoms with Gasteiger partial charge in [-0.2, -0.15) is 0 Å². The summed E-state index contributed by atoms with van der Waals surface area (Å²) in [5.41, 5.74) is 0.393. The molecule has 2 aromatic rings. The molecule has 7 nitrogen and oxygen atoms in total. The topological polar surface area (TPSA) is 55.8 Å². The van der Waals surface area contributed by atoms with Crippen LogP contribution in [0.4, 0.5) is 16.0 Å². The molecule has 1 amide bonds. The molecule has 0 radical (unpaired) electrons. The van der Waals surface area contributed by atoms with Crippen molar-refractivity contribution in [2.45, 2.75) is 0 Å². The van der Waals surface area contributed by atoms with E-state index in [9.17, 15) is 9.18 Å². The minimum absolute atomic E-state index is 0.129. The highest BCUT2D eigenvalue weighted by atomic mass is 19.1. The number of hydrogen-bond acceptors (Lipinski definition) is 6. The monoisotopic (exact) mass is 384 g/mol. The van der Waals surface area contributed by atoms with E-state index in [0.717, 1.165) is 37.8 Å². The molecule has 0 bridgehead atoms. The number of rotatable bonds is 3. The molecule has 1 aromatic heterocycles. The Labute approximate surface area is 164 Å². The molecule has 0 spiro atoms. The number of halogens is 1. The summed E-state index contributed by atoms with van der Waals surface area (Å²) in [6.07, 6.45) is 0. The Morgan fingerprint density at radius 1 is 0.857 bits per heavy atom. The summed E-state index contributed by atoms with van der Waals surface area (Å²) in [6, 6.07) is 9.88. The summed E-state index contributed by atoms with van der Waals surface area (Å²) in [5.74, 6) is 1.23. The number of hydrogen-bond donors (Lipinski definition) is 0. The molecule has 0 saturated carbocycles. The van der Waals surface area contributed by atoms with E-state index in [2.05, 4.69) is 31.9 Å². The average molecular weight is 384 g/mol. The van der Waals surface area contributed by atoms with Gasteiger partial charge in [0.25, 0.3) is 5.91 Å². The zero-order valence-electron chi connectivity index (χ0n) is 16.1. The SMILES string of the molecule is CN1CCN(c2ccc(N3CCN(C(=O)c4cccc(F)c4)CC3)nn2)CC1. The third-order valence-electron chi connectivity index (χ3n) is 5.43. The third-order valence-corrected chi connectivity index (χ3v) is 5.43. The normalized spacial score (nSPS) is 18.4. The molecule has 4 rings (SSSR count). The molecule has 28 heavy (non-hydrogen) atoms. The van der Waals surface area contributed by atoms with Crippen molar-refractivity contribution in [2.75, 3.05) is 69.2 Å². The van der Waals surface area contributed by atoms with E-state index < -0.39 is 0 Å². The standard InChI is InChI=1S/C20H25FN6O/c1-24-7-9-25(10-8-24)18-5-6-19(23-22-18)26-11-13-27(14-12-26)20(28)16-3-2-4-17(21)15-16/h2-6,15H,7-14H2,1H3. The first-order valence-corrected chi connectivity index (χ1v) is 9.67. The Morgan fingerprint density at radius 2 is 1.43 bits per heavy atom. The number of carbonyl (C=O) groups excluding carboxylic acids is 1. The van der Waals surface area contributed by atoms with Gasteiger partial charge in [-0.25, -0.2) is 4.39 Å². The van der Waals surface area contributed by atoms with E-state index in [1.807, 2.05) is 12.1 Å². The van der Waals surface area contributed by atoms with Gasteiger partial charge in [0.05, 0.1) is 0 Å². The number of carbonyl (C=O) groups is 1. The average Bonchev–Trinajstić information content (AvgIpc) is 2.74. The molecule has 8 heteroatoms. The fourth-order valence-corrected chi connectivity index (χ4v) is 3.63. The maximum Gasteiger partial charge on any atom is 0.254 e. The van der Waals surface area contributed by atoms with Gasteiger partial charge < -0.3 is 19.6 Å². The van der Waals surface area contributed by atoms with Gasteiger partial charge in [0.15, 0.2) is 11.6 Å². The molecule has 0 atom stereocenters. The first-order valence-electron chi connectivity index (χ1n) is 9.67. The second-order valence-electron chi connectivity index (χ2n) is 7.33. The van der Waals surface area contributed by atoms with E-state index in [-0.39, 0.29) is 11.7 Å². The van der Waals surface area contributed by atoms with Crippen molar-refractivity contribution in [1.82, 2.24) is 20.0 Å². The molecule has 148 valence electrons. The number of aromatic nitrogens is 2. The second kappa shape index (κ2) is 8.10. The molecule has 2 saturated heterocycles. The molecule has 2 aliphatic heterocycles. The zero-order valence-corrected chi connectivity index (χ0v) is 16.1. The van der Waals surface area contributed by atoms with Crippen LogP contribution in [0.3, 0.4) is 0 Å². The van der Waals surface area contributed by atoms with Crippen LogP contribution in [-0.4, -0.2) is 85.3 Å². The van der Waals surface area contributed by atoms with Crippen LogP contribution >= 0.6 is 0 Å². The van der Waals surface area contributed by atoms with Crippen LogP contribution in [0.2, 0.25) is 0 Å². The van der Waals surface area contributed by atoms with Crippen LogP contribution in [-0.2, 0) is 0 Å². The van der Waals surface area contributed by atoms with Gasteiger partial charge in [-0.05, 0) is 37.4 Å². The van der Waals surface area contributed by atoms with Crippen molar-refractivity contribution in [1.29, 1.82) is 0 Å². The van der Waals surface area contributed by atoms with E-state index in [1.165, 1.54) is 12.1 Å². The van der Waals surface area contributed by atoms with E-state index >= 15 is 0 Å². The van der Waals surface area contributed by atoms with Crippen LogP contribution < -0.4 is 9.80 Å². The van der Waals surface area contributed by atoms with E-state index in [4.69, 9.17) is 0 Å². The summed E-state index contributed by atoms with van der Waals surface area (Å²) in [4.78, 5) is 21.0. The van der Waals surface area contributed by atoms with Crippen LogP contribution in [0.25, 0.3) is 0 Å². The number of benzene rings is 1. The van der Waals surface area contributed by atoms with Crippen LogP contribution in [0.15, 0.2) is 36.4 Å². The number of piperazine rings is 2. The van der Waals surface area contributed by atoms with Crippen molar-refractivity contribution in [3.8, 4) is 0 Å². The van der Waals surface area contributed by atoms with E-state index in [1.54, 1.807) is 17.0 Å². The lowest BCUT2D eigenvalue weighted by atomic mass is 10.1. The minimum atomic E-state index is -0.389. The summed E-state index contributed by atoms with van der Waals surface area (Å²) in [7, 11) is 2.13. The molecular weight excluding hydrogens is 359 g/mol. The highest BCUT2D eigenvalue weighted by Gasteiger charge is 2.24. The number of amides is 1. The molecule has 1 aromatic carbocycles. The molecule has 2 fully saturated rings. The Hall–Kier alpha value is -2.74. The van der Waals surface area contributed by atoms with Crippen molar-refractivity contribution < 1.29 is 9.18 Å². The number of likely N-dealkylation sites (N-methyl/N-ethyl adjacent to an activating group) is 1. The molecule has 0 aliphatic carbocycles. The summed E-state index contributed by atoms with van der Waals surface area (Å²) in [5, 5.41) is 8.81. The molecule has 0 unspecified atom stereocenters. The van der Waals surface area contributed by atoms with Crippen LogP contribution in [0.1, 0.15) is 10.4 Å². The predicted molar refractivity (Wildman–Crippen MR) is 106 cm³/mol. The van der Waals surface area contributed by atoms with Gasteiger partial charge >= 0.3 is 0 Å². The highest BCUT2D eigenvalue weighted by molar-refractivity contribution is 5.94. The van der Waals surface area contributed by atoms with Gasteiger partial charge in [-0.3, -0.25) is 4.79 Å². The first-order chi connectivity index (χ1) is 13.6. The van der Waals surface area contributed by atoms with Crippen LogP contribution in [0.5, 0.6) is 0 Å². The smallest absolute Gasteiger partial charge is 0.254 e. The lowest BCUT2D eigenvalue weighted by Crippen LogP contribution is -2.49. The van der Waals surface area contributed by atoms with Gasteiger partial charge in [0.1, 0.15) is 5.82 Å². The maximum absolute atomic E-state index is 13.4. The molecule has 2 aliphatic rings. The summed E-state index contributed by atoms with van der Waals surface area (Å²) < 4.78 is 13.4. The fourth-order valence-electron chi connectivity index (χ4n) is 3.63. The van der Waals surface area contributed by atoms with Gasteiger partial charge in [-0.1, -0.05) is 6.07 Å². The van der Waals surface area contributed by atoms with Crippen LogP contribution in [0, 0.1) is 5.82 Å². The lowest BCUT2D eigenvalue weighted by molar-refractivity contribution is 0.0746. The summed E-state index contributed by atoms with van der Waals surface area (Å²) in [6.45, 7) is 6.52. The summed E-state index contributed by atoms with van der Waals surface area (Å²) >= 11 is 0. The Morgan fingerprint density at radius 3 is 1.96 bits per heavy atom. The predicted octanol–water partition coefficient (Wildman–Crippen LogP) is 1.33. The van der Waals surface area contributed by atoms with Gasteiger partial charge in [0.2, 0.25) is 0 Å². The lowest BCUT2D eigenvalue weighted by Gasteiger charge is -2.36. The highest BCUT2D eigenvalue weighted by Crippen LogP contribution is 2.18. The molecule has 0 N–H and O–H groups in total. The van der Waals surface area contributed by atoms with Crippen molar-refractivity contribution in [2.24, 2.45) is 0 Å². The quantitative estimate of drug-likeness (QED) is 0.796. The zero-order chi connectivity index (χ0) is 19.5. The van der Waals surface area contributed by atoms with Crippen molar-refractivity contribution >= 4 is 17.5 Å². The van der Waals surface area contributed by atoms with Crippen molar-refractivity contribution in [3.05, 3.63) is 47.8 Å². The molecular formula is C20H25FN6O. The first kappa shape index (κ1) is 18.6. The maximum atomic E-state index is 13.4. The Kier molecular flexibility index (Phi) is 5.38. The number of anilines is 2. The van der Waals surface area contributed by atoms with Gasteiger partial charge in [0, 0.05) is 57.9 Å². The second-order valence-corrected chi connectivity index (χ2v) is 7.33. The Balaban J connectivity index is 1.34. The van der Waals surface area contributed by atoms with Gasteiger partial charge in [-0.15, -0.1) is 10.2 Å². The fraction of sp³-hybridized carbons (Fsp3) is 0.450. The number of nitrogens with zero attached hydrogens (tertiary/aromatic N) is 6. The Bertz CT molecular complexity index is 814. The van der Waals surface area contributed by atoms with E-state index in [0.29, 0.717) is 31.7 Å². The molecule has 3 heterocycles. The largest absolute Gasteiger partial charge is 0.353 e. The minimum Gasteiger partial charge on any atom is -0.353 e.